The van der Waals surface area contributed by atoms with Gasteiger partial charge in [-0.05, 0) is 13.3 Å². The van der Waals surface area contributed by atoms with E-state index >= 15 is 0 Å². The van der Waals surface area contributed by atoms with Gasteiger partial charge in [-0.1, -0.05) is 15.9 Å². The van der Waals surface area contributed by atoms with Gasteiger partial charge in [-0.25, -0.2) is 0 Å². The van der Waals surface area contributed by atoms with Gasteiger partial charge in [0.1, 0.15) is 0 Å². The minimum Gasteiger partial charge on any atom is -0.378 e. The second-order valence-electron chi connectivity index (χ2n) is 3.06. The third-order valence-corrected chi connectivity index (χ3v) is 2.73. The monoisotopic (exact) mass is 235 g/mol. The van der Waals surface area contributed by atoms with Crippen LogP contribution in [0.1, 0.15) is 13.3 Å². The molecule has 0 saturated carbocycles. The Morgan fingerprint density at radius 3 is 3.00 bits per heavy atom. The molecule has 4 heteroatoms. The van der Waals surface area contributed by atoms with E-state index < -0.39 is 0 Å². The maximum Gasteiger partial charge on any atom is 0.230 e. The first kappa shape index (κ1) is 9.99. The van der Waals surface area contributed by atoms with E-state index in [1.807, 2.05) is 0 Å². The molecule has 0 bridgehead atoms. The Labute approximate surface area is 81.0 Å². The SMILES string of the molecule is CC1OCCC1CNC(=O)CBr. The predicted molar refractivity (Wildman–Crippen MR) is 50.3 cm³/mol. The molecule has 1 aliphatic rings. The minimum absolute atomic E-state index is 0.0501. The molecule has 2 unspecified atom stereocenters. The summed E-state index contributed by atoms with van der Waals surface area (Å²) in [5.74, 6) is 0.544. The first-order valence-electron chi connectivity index (χ1n) is 4.18. The second-order valence-corrected chi connectivity index (χ2v) is 3.62. The number of hydrogen-bond acceptors (Lipinski definition) is 2. The molecule has 0 aromatic heterocycles. The van der Waals surface area contributed by atoms with Gasteiger partial charge in [0, 0.05) is 19.1 Å². The molecule has 1 saturated heterocycles. The number of nitrogens with one attached hydrogen (secondary N) is 1. The van der Waals surface area contributed by atoms with Crippen LogP contribution in [0.15, 0.2) is 0 Å². The van der Waals surface area contributed by atoms with Gasteiger partial charge < -0.3 is 10.1 Å². The molecule has 0 aromatic carbocycles. The first-order valence-corrected chi connectivity index (χ1v) is 5.30. The number of amides is 1. The summed E-state index contributed by atoms with van der Waals surface area (Å²) in [6, 6.07) is 0. The topological polar surface area (TPSA) is 38.3 Å². The molecule has 1 aliphatic heterocycles. The Morgan fingerprint density at radius 1 is 1.75 bits per heavy atom. The molecule has 3 nitrogen and oxygen atoms in total. The lowest BCUT2D eigenvalue weighted by atomic mass is 10.0. The molecular formula is C8H14BrNO2. The van der Waals surface area contributed by atoms with Gasteiger partial charge in [0.2, 0.25) is 5.91 Å². The molecule has 0 aliphatic carbocycles. The van der Waals surface area contributed by atoms with Crippen molar-refractivity contribution in [3.8, 4) is 0 Å². The third-order valence-electron chi connectivity index (χ3n) is 2.22. The fourth-order valence-electron chi connectivity index (χ4n) is 1.34. The number of hydrogen-bond donors (Lipinski definition) is 1. The van der Waals surface area contributed by atoms with E-state index in [1.54, 1.807) is 0 Å². The fourth-order valence-corrected chi connectivity index (χ4v) is 1.53. The number of alkyl halides is 1. The summed E-state index contributed by atoms with van der Waals surface area (Å²) in [5.41, 5.74) is 0. The zero-order chi connectivity index (χ0) is 8.97. The summed E-state index contributed by atoms with van der Waals surface area (Å²) in [5, 5.41) is 3.22. The van der Waals surface area contributed by atoms with Crippen LogP contribution in [0.4, 0.5) is 0 Å². The molecule has 1 heterocycles. The van der Waals surface area contributed by atoms with Crippen molar-refractivity contribution < 1.29 is 9.53 Å². The van der Waals surface area contributed by atoms with Gasteiger partial charge in [-0.2, -0.15) is 0 Å². The number of ether oxygens (including phenoxy) is 1. The molecule has 70 valence electrons. The van der Waals surface area contributed by atoms with E-state index in [2.05, 4.69) is 28.2 Å². The van der Waals surface area contributed by atoms with Crippen LogP contribution in [-0.2, 0) is 9.53 Å². The third kappa shape index (κ3) is 2.75. The summed E-state index contributed by atoms with van der Waals surface area (Å²) in [6.45, 7) is 3.62. The molecule has 0 spiro atoms. The highest BCUT2D eigenvalue weighted by Crippen LogP contribution is 2.19. The molecule has 1 amide bonds. The molecular weight excluding hydrogens is 222 g/mol. The standard InChI is InChI=1S/C8H14BrNO2/c1-6-7(2-3-12-6)5-10-8(11)4-9/h6-7H,2-5H2,1H3,(H,10,11). The van der Waals surface area contributed by atoms with Crippen molar-refractivity contribution in [2.24, 2.45) is 5.92 Å². The Balaban J connectivity index is 2.18. The Bertz CT molecular complexity index is 163. The molecule has 12 heavy (non-hydrogen) atoms. The molecule has 1 rings (SSSR count). The number of carbonyl (C=O) groups is 1. The molecule has 1 N–H and O–H groups in total. The number of carbonyl (C=O) groups excluding carboxylic acids is 1. The zero-order valence-corrected chi connectivity index (χ0v) is 8.76. The predicted octanol–water partition coefficient (Wildman–Crippen LogP) is 0.922. The average molecular weight is 236 g/mol. The fraction of sp³-hybridized carbons (Fsp3) is 0.875. The van der Waals surface area contributed by atoms with Crippen LogP contribution in [0.2, 0.25) is 0 Å². The Kier molecular flexibility index (Phi) is 4.01. The van der Waals surface area contributed by atoms with Crippen molar-refractivity contribution in [3.05, 3.63) is 0 Å². The minimum atomic E-state index is 0.0501. The average Bonchev–Trinajstić information content (AvgIpc) is 2.47. The summed E-state index contributed by atoms with van der Waals surface area (Å²) in [6.07, 6.45) is 1.35. The van der Waals surface area contributed by atoms with Crippen LogP contribution in [0, 0.1) is 5.92 Å². The van der Waals surface area contributed by atoms with Crippen LogP contribution in [-0.4, -0.2) is 30.5 Å². The van der Waals surface area contributed by atoms with Gasteiger partial charge >= 0.3 is 0 Å². The zero-order valence-electron chi connectivity index (χ0n) is 7.18. The van der Waals surface area contributed by atoms with E-state index in [0.29, 0.717) is 17.4 Å². The molecule has 0 aromatic rings. The first-order chi connectivity index (χ1) is 5.74. The Hall–Kier alpha value is -0.0900. The van der Waals surface area contributed by atoms with Crippen LogP contribution in [0.3, 0.4) is 0 Å². The number of halogens is 1. The van der Waals surface area contributed by atoms with Crippen molar-refractivity contribution in [3.63, 3.8) is 0 Å². The van der Waals surface area contributed by atoms with Crippen molar-refractivity contribution in [1.82, 2.24) is 5.32 Å². The molecule has 0 radical (unpaired) electrons. The van der Waals surface area contributed by atoms with Crippen LogP contribution < -0.4 is 5.32 Å². The quantitative estimate of drug-likeness (QED) is 0.740. The Morgan fingerprint density at radius 2 is 2.50 bits per heavy atom. The number of rotatable bonds is 3. The van der Waals surface area contributed by atoms with Gasteiger partial charge in [0.25, 0.3) is 0 Å². The smallest absolute Gasteiger partial charge is 0.230 e. The van der Waals surface area contributed by atoms with E-state index in [4.69, 9.17) is 4.74 Å². The summed E-state index contributed by atoms with van der Waals surface area (Å²) in [4.78, 5) is 10.9. The lowest BCUT2D eigenvalue weighted by Gasteiger charge is -2.13. The van der Waals surface area contributed by atoms with Gasteiger partial charge in [0.05, 0.1) is 11.4 Å². The van der Waals surface area contributed by atoms with E-state index in [-0.39, 0.29) is 5.91 Å². The van der Waals surface area contributed by atoms with Gasteiger partial charge in [-0.15, -0.1) is 0 Å². The van der Waals surface area contributed by atoms with Gasteiger partial charge in [-0.3, -0.25) is 4.79 Å². The van der Waals surface area contributed by atoms with Crippen molar-refractivity contribution in [2.75, 3.05) is 18.5 Å². The van der Waals surface area contributed by atoms with E-state index in [9.17, 15) is 4.79 Å². The van der Waals surface area contributed by atoms with Crippen LogP contribution in [0.25, 0.3) is 0 Å². The van der Waals surface area contributed by atoms with E-state index in [1.165, 1.54) is 0 Å². The van der Waals surface area contributed by atoms with Crippen molar-refractivity contribution >= 4 is 21.8 Å². The largest absolute Gasteiger partial charge is 0.378 e. The lowest BCUT2D eigenvalue weighted by Crippen LogP contribution is -2.32. The summed E-state index contributed by atoms with van der Waals surface area (Å²) < 4.78 is 5.37. The second kappa shape index (κ2) is 4.82. The van der Waals surface area contributed by atoms with Crippen molar-refractivity contribution in [2.45, 2.75) is 19.4 Å². The summed E-state index contributed by atoms with van der Waals surface area (Å²) in [7, 11) is 0. The van der Waals surface area contributed by atoms with E-state index in [0.717, 1.165) is 19.6 Å². The van der Waals surface area contributed by atoms with Gasteiger partial charge in [0.15, 0.2) is 0 Å². The van der Waals surface area contributed by atoms with Crippen LogP contribution in [0.5, 0.6) is 0 Å². The summed E-state index contributed by atoms with van der Waals surface area (Å²) >= 11 is 3.10. The highest BCUT2D eigenvalue weighted by atomic mass is 79.9. The highest BCUT2D eigenvalue weighted by molar-refractivity contribution is 9.09. The molecule has 1 fully saturated rings. The lowest BCUT2D eigenvalue weighted by molar-refractivity contribution is -0.118. The van der Waals surface area contributed by atoms with Crippen LogP contribution >= 0.6 is 15.9 Å². The van der Waals surface area contributed by atoms with Crippen molar-refractivity contribution in [1.29, 1.82) is 0 Å². The maximum absolute atomic E-state index is 10.9. The molecule has 2 atom stereocenters. The highest BCUT2D eigenvalue weighted by Gasteiger charge is 2.23. The normalized spacial score (nSPS) is 28.8. The maximum atomic E-state index is 10.9.